The summed E-state index contributed by atoms with van der Waals surface area (Å²) in [6.45, 7) is 4.10. The number of carbonyl (C=O) groups is 1. The Morgan fingerprint density at radius 1 is 0.744 bits per heavy atom. The standard InChI is InChI=1S/C34H69N2O6P/c1-3-5-7-9-11-13-15-16-17-18-19-21-23-25-27-33(37)32(31-42-43(39,40)41-30-29-35)36-34(38)28-26-24-22-20-14-12-10-8-6-4-2/h25,27,32-33,37H,3-24,26,28-31,35H2,1-2H3,(H,36,38)(H,39,40)/b27-25+/t32-,33+/m0/s1. The van der Waals surface area contributed by atoms with Gasteiger partial charge in [0.25, 0.3) is 0 Å². The van der Waals surface area contributed by atoms with E-state index in [0.29, 0.717) is 6.42 Å². The molecule has 0 aliphatic heterocycles. The van der Waals surface area contributed by atoms with Crippen LogP contribution >= 0.6 is 7.82 Å². The van der Waals surface area contributed by atoms with Gasteiger partial charge in [-0.05, 0) is 19.3 Å². The van der Waals surface area contributed by atoms with Crippen LogP contribution in [0.5, 0.6) is 0 Å². The van der Waals surface area contributed by atoms with Crippen LogP contribution in [0.15, 0.2) is 12.2 Å². The molecule has 0 saturated carbocycles. The minimum atomic E-state index is -4.32. The summed E-state index contributed by atoms with van der Waals surface area (Å²) in [4.78, 5) is 22.5. The number of hydrogen-bond acceptors (Lipinski definition) is 6. The summed E-state index contributed by atoms with van der Waals surface area (Å²) in [6.07, 6.45) is 31.1. The number of hydrogen-bond donors (Lipinski definition) is 4. The van der Waals surface area contributed by atoms with Crippen LogP contribution < -0.4 is 11.1 Å². The molecule has 3 atom stereocenters. The van der Waals surface area contributed by atoms with Crippen molar-refractivity contribution in [3.05, 3.63) is 12.2 Å². The molecule has 1 unspecified atom stereocenters. The SMILES string of the molecule is CCCCCCCCCCCCCC/C=C/[C@@H](O)[C@H](COP(=O)(O)OCCN)NC(=O)CCCCCCCCCCCC. The van der Waals surface area contributed by atoms with Gasteiger partial charge in [-0.2, -0.15) is 0 Å². The molecule has 0 radical (unpaired) electrons. The average molecular weight is 633 g/mol. The molecule has 0 rings (SSSR count). The third kappa shape index (κ3) is 29.7. The van der Waals surface area contributed by atoms with Gasteiger partial charge < -0.3 is 21.1 Å². The van der Waals surface area contributed by atoms with E-state index in [9.17, 15) is 19.4 Å². The number of amides is 1. The molecule has 0 bridgehead atoms. The number of nitrogens with two attached hydrogens (primary N) is 1. The molecule has 0 aromatic carbocycles. The van der Waals surface area contributed by atoms with Gasteiger partial charge in [0.2, 0.25) is 5.91 Å². The summed E-state index contributed by atoms with van der Waals surface area (Å²) < 4.78 is 22.0. The molecule has 5 N–H and O–H groups in total. The summed E-state index contributed by atoms with van der Waals surface area (Å²) in [5.74, 6) is -0.197. The highest BCUT2D eigenvalue weighted by atomic mass is 31.2. The Morgan fingerprint density at radius 3 is 1.65 bits per heavy atom. The third-order valence-corrected chi connectivity index (χ3v) is 8.85. The van der Waals surface area contributed by atoms with E-state index in [1.54, 1.807) is 6.08 Å². The van der Waals surface area contributed by atoms with Gasteiger partial charge >= 0.3 is 7.82 Å². The van der Waals surface area contributed by atoms with E-state index in [0.717, 1.165) is 38.5 Å². The van der Waals surface area contributed by atoms with Gasteiger partial charge in [0.1, 0.15) is 0 Å². The second-order valence-corrected chi connectivity index (χ2v) is 13.5. The molecule has 0 aliphatic carbocycles. The van der Waals surface area contributed by atoms with Crippen molar-refractivity contribution in [2.75, 3.05) is 19.8 Å². The molecule has 8 nitrogen and oxygen atoms in total. The number of unbranched alkanes of at least 4 members (excludes halogenated alkanes) is 21. The first kappa shape index (κ1) is 42.2. The van der Waals surface area contributed by atoms with E-state index >= 15 is 0 Å². The quantitative estimate of drug-likeness (QED) is 0.0323. The zero-order valence-electron chi connectivity index (χ0n) is 28.0. The normalized spacial score (nSPS) is 14.6. The van der Waals surface area contributed by atoms with Crippen LogP contribution in [0.25, 0.3) is 0 Å². The maximum atomic E-state index is 12.6. The van der Waals surface area contributed by atoms with Crippen molar-refractivity contribution in [1.29, 1.82) is 0 Å². The summed E-state index contributed by atoms with van der Waals surface area (Å²) >= 11 is 0. The Morgan fingerprint density at radius 2 is 1.19 bits per heavy atom. The van der Waals surface area contributed by atoms with Gasteiger partial charge in [0, 0.05) is 13.0 Å². The lowest BCUT2D eigenvalue weighted by molar-refractivity contribution is -0.123. The van der Waals surface area contributed by atoms with Crippen molar-refractivity contribution in [2.45, 2.75) is 180 Å². The van der Waals surface area contributed by atoms with Crippen molar-refractivity contribution in [1.82, 2.24) is 5.32 Å². The Balaban J connectivity index is 4.35. The van der Waals surface area contributed by atoms with Crippen molar-refractivity contribution in [3.8, 4) is 0 Å². The Kier molecular flexibility index (Phi) is 30.7. The minimum Gasteiger partial charge on any atom is -0.387 e. The Labute approximate surface area is 265 Å². The van der Waals surface area contributed by atoms with Crippen LogP contribution in [0.3, 0.4) is 0 Å². The van der Waals surface area contributed by atoms with Crippen LogP contribution in [-0.4, -0.2) is 47.8 Å². The van der Waals surface area contributed by atoms with Crippen molar-refractivity contribution in [3.63, 3.8) is 0 Å². The van der Waals surface area contributed by atoms with Crippen LogP contribution in [0.4, 0.5) is 0 Å². The smallest absolute Gasteiger partial charge is 0.387 e. The molecular formula is C34H69N2O6P. The largest absolute Gasteiger partial charge is 0.472 e. The molecule has 256 valence electrons. The topological polar surface area (TPSA) is 131 Å². The number of rotatable bonds is 33. The van der Waals surface area contributed by atoms with Crippen LogP contribution in [0.2, 0.25) is 0 Å². The monoisotopic (exact) mass is 632 g/mol. The molecular weight excluding hydrogens is 563 g/mol. The zero-order valence-corrected chi connectivity index (χ0v) is 28.8. The van der Waals surface area contributed by atoms with Crippen molar-refractivity contribution in [2.24, 2.45) is 5.73 Å². The minimum absolute atomic E-state index is 0.0808. The van der Waals surface area contributed by atoms with E-state index in [1.807, 2.05) is 6.08 Å². The molecule has 0 heterocycles. The lowest BCUT2D eigenvalue weighted by Gasteiger charge is -2.23. The second-order valence-electron chi connectivity index (χ2n) is 12.1. The van der Waals surface area contributed by atoms with E-state index in [1.165, 1.54) is 109 Å². The fourth-order valence-corrected chi connectivity index (χ4v) is 5.89. The number of nitrogens with one attached hydrogen (secondary N) is 1. The number of phosphoric acid groups is 1. The number of aliphatic hydroxyl groups is 1. The highest BCUT2D eigenvalue weighted by molar-refractivity contribution is 7.47. The van der Waals surface area contributed by atoms with Crippen LogP contribution in [-0.2, 0) is 18.4 Å². The predicted molar refractivity (Wildman–Crippen MR) is 180 cm³/mol. The van der Waals surface area contributed by atoms with Crippen LogP contribution in [0.1, 0.15) is 168 Å². The zero-order chi connectivity index (χ0) is 31.9. The second kappa shape index (κ2) is 31.2. The lowest BCUT2D eigenvalue weighted by atomic mass is 10.0. The first-order valence-corrected chi connectivity index (χ1v) is 19.3. The van der Waals surface area contributed by atoms with Crippen molar-refractivity contribution < 1.29 is 28.4 Å². The average Bonchev–Trinajstić information content (AvgIpc) is 2.99. The summed E-state index contributed by atoms with van der Waals surface area (Å²) in [5.41, 5.74) is 5.34. The number of carbonyl (C=O) groups excluding carboxylic acids is 1. The van der Waals surface area contributed by atoms with Gasteiger partial charge in [-0.3, -0.25) is 13.8 Å². The third-order valence-electron chi connectivity index (χ3n) is 7.86. The Hall–Kier alpha value is -0.760. The molecule has 0 saturated heterocycles. The van der Waals surface area contributed by atoms with E-state index in [-0.39, 0.29) is 25.7 Å². The molecule has 0 spiro atoms. The molecule has 0 aromatic heterocycles. The maximum Gasteiger partial charge on any atom is 0.472 e. The van der Waals surface area contributed by atoms with Gasteiger partial charge in [-0.25, -0.2) is 4.57 Å². The van der Waals surface area contributed by atoms with E-state index in [4.69, 9.17) is 14.8 Å². The number of allylic oxidation sites excluding steroid dienone is 1. The van der Waals surface area contributed by atoms with Gasteiger partial charge in [0.05, 0.1) is 25.4 Å². The first-order chi connectivity index (χ1) is 20.9. The summed E-state index contributed by atoms with van der Waals surface area (Å²) in [5, 5.41) is 13.6. The van der Waals surface area contributed by atoms with Gasteiger partial charge in [0.15, 0.2) is 0 Å². The fraction of sp³-hybridized carbons (Fsp3) is 0.912. The molecule has 0 fully saturated rings. The van der Waals surface area contributed by atoms with Crippen molar-refractivity contribution >= 4 is 13.7 Å². The van der Waals surface area contributed by atoms with E-state index < -0.39 is 20.0 Å². The Bertz CT molecular complexity index is 694. The predicted octanol–water partition coefficient (Wildman–Crippen LogP) is 8.88. The highest BCUT2D eigenvalue weighted by Gasteiger charge is 2.26. The molecule has 43 heavy (non-hydrogen) atoms. The number of aliphatic hydroxyl groups excluding tert-OH is 1. The maximum absolute atomic E-state index is 12.6. The van der Waals surface area contributed by atoms with Crippen LogP contribution in [0, 0.1) is 0 Å². The molecule has 0 aromatic rings. The molecule has 1 amide bonds. The summed E-state index contributed by atoms with van der Waals surface area (Å²) in [6, 6.07) is -0.851. The van der Waals surface area contributed by atoms with E-state index in [2.05, 4.69) is 19.2 Å². The highest BCUT2D eigenvalue weighted by Crippen LogP contribution is 2.43. The summed E-state index contributed by atoms with van der Waals surface area (Å²) in [7, 11) is -4.32. The molecule has 9 heteroatoms. The molecule has 0 aliphatic rings. The lowest BCUT2D eigenvalue weighted by Crippen LogP contribution is -2.45. The first-order valence-electron chi connectivity index (χ1n) is 17.8. The van der Waals surface area contributed by atoms with Gasteiger partial charge in [-0.15, -0.1) is 0 Å². The number of phosphoric ester groups is 1. The fourth-order valence-electron chi connectivity index (χ4n) is 5.13. The van der Waals surface area contributed by atoms with Gasteiger partial charge in [-0.1, -0.05) is 154 Å².